The second-order valence-electron chi connectivity index (χ2n) is 11.3. The lowest BCUT2D eigenvalue weighted by atomic mass is 9.82. The van der Waals surface area contributed by atoms with Crippen LogP contribution in [0.1, 0.15) is 48.8 Å². The van der Waals surface area contributed by atoms with Crippen LogP contribution in [0.3, 0.4) is 0 Å². The number of likely N-dealkylation sites (tertiary alicyclic amines) is 1. The second-order valence-corrected chi connectivity index (χ2v) is 11.3. The maximum atomic E-state index is 13.3. The number of ether oxygens (including phenoxy) is 2. The van der Waals surface area contributed by atoms with Crippen LogP contribution in [0.25, 0.3) is 10.9 Å². The molecule has 2 atom stereocenters. The zero-order chi connectivity index (χ0) is 29.4. The van der Waals surface area contributed by atoms with Gasteiger partial charge < -0.3 is 25.0 Å². The lowest BCUT2D eigenvalue weighted by Gasteiger charge is -2.43. The van der Waals surface area contributed by atoms with Crippen LogP contribution in [0.5, 0.6) is 5.75 Å². The molecular formula is C30H33N5O6. The third-order valence-electron chi connectivity index (χ3n) is 7.14. The minimum atomic E-state index is -1.38. The Morgan fingerprint density at radius 1 is 1.12 bits per heavy atom. The quantitative estimate of drug-likeness (QED) is 0.407. The van der Waals surface area contributed by atoms with Crippen molar-refractivity contribution in [1.82, 2.24) is 25.8 Å². The summed E-state index contributed by atoms with van der Waals surface area (Å²) in [4.78, 5) is 56.9. The number of carbonyl (C=O) groups excluding carboxylic acids is 4. The van der Waals surface area contributed by atoms with Gasteiger partial charge in [-0.15, -0.1) is 0 Å². The van der Waals surface area contributed by atoms with Crippen LogP contribution in [-0.4, -0.2) is 64.1 Å². The van der Waals surface area contributed by atoms with Crippen LogP contribution in [0.4, 0.5) is 9.59 Å². The normalized spacial score (nSPS) is 20.5. The molecule has 0 aliphatic carbocycles. The summed E-state index contributed by atoms with van der Waals surface area (Å²) >= 11 is 0. The molecular weight excluding hydrogens is 526 g/mol. The summed E-state index contributed by atoms with van der Waals surface area (Å²) in [6.45, 7) is 7.69. The number of urea groups is 1. The van der Waals surface area contributed by atoms with Gasteiger partial charge in [-0.3, -0.25) is 19.9 Å². The first-order valence-corrected chi connectivity index (χ1v) is 13.4. The van der Waals surface area contributed by atoms with Gasteiger partial charge in [-0.1, -0.05) is 18.2 Å². The molecule has 3 heterocycles. The topological polar surface area (TPSA) is 139 Å². The average Bonchev–Trinajstić information content (AvgIpc) is 3.20. The summed E-state index contributed by atoms with van der Waals surface area (Å²) in [7, 11) is 0. The standard InChI is InChI=1S/C30H33N5O6/c1-18-15-20(22-7-5-6-8-23(22)31-18)17-40-21-11-9-19(10-12-21)25(36)32-24-16-35(28(39)41-29(2,3)4)14-13-30(24)26(37)33-27(38)34-30/h5-12,15,24H,13-14,16-17H2,1-4H3,(H,32,36)(H2,33,34,37,38). The Morgan fingerprint density at radius 2 is 1.85 bits per heavy atom. The summed E-state index contributed by atoms with van der Waals surface area (Å²) in [5.41, 5.74) is 1.04. The monoisotopic (exact) mass is 559 g/mol. The maximum Gasteiger partial charge on any atom is 0.410 e. The van der Waals surface area contributed by atoms with E-state index in [1.165, 1.54) is 4.90 Å². The van der Waals surface area contributed by atoms with Crippen molar-refractivity contribution in [2.24, 2.45) is 0 Å². The molecule has 2 aliphatic heterocycles. The molecule has 1 spiro atoms. The molecule has 2 aromatic carbocycles. The number of aromatic nitrogens is 1. The first-order valence-electron chi connectivity index (χ1n) is 13.4. The zero-order valence-corrected chi connectivity index (χ0v) is 23.4. The summed E-state index contributed by atoms with van der Waals surface area (Å²) < 4.78 is 11.5. The van der Waals surface area contributed by atoms with Crippen LogP contribution >= 0.6 is 0 Å². The Kier molecular flexibility index (Phi) is 7.29. The van der Waals surface area contributed by atoms with Crippen LogP contribution in [-0.2, 0) is 16.1 Å². The molecule has 11 nitrogen and oxygen atoms in total. The Balaban J connectivity index is 1.29. The molecule has 2 aliphatic rings. The lowest BCUT2D eigenvalue weighted by molar-refractivity contribution is -0.126. The molecule has 2 unspecified atom stereocenters. The van der Waals surface area contributed by atoms with Crippen LogP contribution in [0, 0.1) is 6.92 Å². The molecule has 214 valence electrons. The third kappa shape index (κ3) is 5.93. The fourth-order valence-corrected chi connectivity index (χ4v) is 5.16. The van der Waals surface area contributed by atoms with E-state index in [0.29, 0.717) is 17.9 Å². The highest BCUT2D eigenvalue weighted by Crippen LogP contribution is 2.28. The number of rotatable bonds is 5. The van der Waals surface area contributed by atoms with Crippen LogP contribution < -0.4 is 20.7 Å². The van der Waals surface area contributed by atoms with Gasteiger partial charge >= 0.3 is 12.1 Å². The lowest BCUT2D eigenvalue weighted by Crippen LogP contribution is -2.70. The minimum absolute atomic E-state index is 0.0190. The number of nitrogens with one attached hydrogen (secondary N) is 3. The number of benzene rings is 2. The van der Waals surface area contributed by atoms with Crippen molar-refractivity contribution < 1.29 is 28.7 Å². The number of piperidine rings is 1. The molecule has 3 aromatic rings. The van der Waals surface area contributed by atoms with Gasteiger partial charge in [0.1, 0.15) is 23.5 Å². The molecule has 2 saturated heterocycles. The first kappa shape index (κ1) is 27.9. The van der Waals surface area contributed by atoms with Crippen molar-refractivity contribution in [2.45, 2.75) is 57.9 Å². The predicted octanol–water partition coefficient (Wildman–Crippen LogP) is 3.44. The molecule has 11 heteroatoms. The van der Waals surface area contributed by atoms with E-state index in [4.69, 9.17) is 9.47 Å². The highest BCUT2D eigenvalue weighted by Gasteiger charge is 2.55. The Labute approximate surface area is 237 Å². The minimum Gasteiger partial charge on any atom is -0.489 e. The first-order chi connectivity index (χ1) is 19.4. The van der Waals surface area contributed by atoms with Gasteiger partial charge in [0.05, 0.1) is 11.6 Å². The fraction of sp³-hybridized carbons (Fsp3) is 0.367. The van der Waals surface area contributed by atoms with Gasteiger partial charge in [-0.25, -0.2) is 9.59 Å². The molecule has 1 aromatic heterocycles. The second kappa shape index (κ2) is 10.7. The van der Waals surface area contributed by atoms with E-state index < -0.39 is 41.1 Å². The summed E-state index contributed by atoms with van der Waals surface area (Å²) in [5.74, 6) is -0.427. The molecule has 0 saturated carbocycles. The molecule has 0 radical (unpaired) electrons. The number of fused-ring (bicyclic) bond motifs is 1. The van der Waals surface area contributed by atoms with Crippen molar-refractivity contribution in [3.05, 3.63) is 71.4 Å². The number of aryl methyl sites for hydroxylation is 1. The van der Waals surface area contributed by atoms with E-state index in [0.717, 1.165) is 22.2 Å². The van der Waals surface area contributed by atoms with Crippen LogP contribution in [0.15, 0.2) is 54.6 Å². The van der Waals surface area contributed by atoms with E-state index in [2.05, 4.69) is 20.9 Å². The number of hydrogen-bond acceptors (Lipinski definition) is 7. The molecule has 5 rings (SSSR count). The number of hydrogen-bond donors (Lipinski definition) is 3. The van der Waals surface area contributed by atoms with E-state index in [1.54, 1.807) is 45.0 Å². The molecule has 5 amide bonds. The predicted molar refractivity (Wildman–Crippen MR) is 150 cm³/mol. The summed E-state index contributed by atoms with van der Waals surface area (Å²) in [6, 6.07) is 15.0. The number of para-hydroxylation sites is 1. The Morgan fingerprint density at radius 3 is 2.54 bits per heavy atom. The van der Waals surface area contributed by atoms with Crippen molar-refractivity contribution in [3.8, 4) is 5.75 Å². The third-order valence-corrected chi connectivity index (χ3v) is 7.14. The van der Waals surface area contributed by atoms with Crippen molar-refractivity contribution in [1.29, 1.82) is 0 Å². The van der Waals surface area contributed by atoms with Crippen molar-refractivity contribution in [2.75, 3.05) is 13.1 Å². The number of pyridine rings is 1. The average molecular weight is 560 g/mol. The molecule has 41 heavy (non-hydrogen) atoms. The van der Waals surface area contributed by atoms with Gasteiger partial charge in [0.15, 0.2) is 0 Å². The number of carbonyl (C=O) groups is 4. The van der Waals surface area contributed by atoms with Crippen molar-refractivity contribution >= 4 is 34.8 Å². The summed E-state index contributed by atoms with van der Waals surface area (Å²) in [5, 5.41) is 8.80. The van der Waals surface area contributed by atoms with Crippen LogP contribution in [0.2, 0.25) is 0 Å². The van der Waals surface area contributed by atoms with Gasteiger partial charge in [-0.05, 0) is 70.5 Å². The SMILES string of the molecule is Cc1cc(COc2ccc(C(=O)NC3CN(C(=O)OC(C)(C)C)CCC34NC(=O)NC4=O)cc2)c2ccccc2n1. The Hall–Kier alpha value is -4.67. The number of amides is 5. The number of imide groups is 1. The van der Waals surface area contributed by atoms with E-state index in [1.807, 2.05) is 37.3 Å². The van der Waals surface area contributed by atoms with E-state index >= 15 is 0 Å². The summed E-state index contributed by atoms with van der Waals surface area (Å²) in [6.07, 6.45) is -0.444. The molecule has 2 fully saturated rings. The molecule has 3 N–H and O–H groups in total. The largest absolute Gasteiger partial charge is 0.489 e. The van der Waals surface area contributed by atoms with Gasteiger partial charge in [0, 0.05) is 35.3 Å². The highest BCUT2D eigenvalue weighted by atomic mass is 16.6. The van der Waals surface area contributed by atoms with Gasteiger partial charge in [0.25, 0.3) is 11.8 Å². The maximum absolute atomic E-state index is 13.3. The van der Waals surface area contributed by atoms with Gasteiger partial charge in [0.2, 0.25) is 0 Å². The zero-order valence-electron chi connectivity index (χ0n) is 23.4. The van der Waals surface area contributed by atoms with E-state index in [-0.39, 0.29) is 19.5 Å². The van der Waals surface area contributed by atoms with Crippen molar-refractivity contribution in [3.63, 3.8) is 0 Å². The Bertz CT molecular complexity index is 1520. The highest BCUT2D eigenvalue weighted by molar-refractivity contribution is 6.08. The number of nitrogens with zero attached hydrogens (tertiary/aromatic N) is 2. The van der Waals surface area contributed by atoms with E-state index in [9.17, 15) is 19.2 Å². The smallest absolute Gasteiger partial charge is 0.410 e. The van der Waals surface area contributed by atoms with Gasteiger partial charge in [-0.2, -0.15) is 0 Å². The molecule has 0 bridgehead atoms. The fourth-order valence-electron chi connectivity index (χ4n) is 5.16.